The van der Waals surface area contributed by atoms with Crippen molar-refractivity contribution < 1.29 is 24.2 Å². The lowest BCUT2D eigenvalue weighted by atomic mass is 9.94. The molecular weight excluding hydrogens is 577 g/mol. The first-order valence-electron chi connectivity index (χ1n) is 14.6. The second kappa shape index (κ2) is 16.0. The van der Waals surface area contributed by atoms with Crippen LogP contribution in [0.25, 0.3) is 0 Å². The number of anilines is 1. The van der Waals surface area contributed by atoms with Gasteiger partial charge in [-0.25, -0.2) is 9.59 Å². The molecule has 1 aliphatic carbocycles. The SMILES string of the molecule is CC(C)(C)OC(=O)N[C@@H](Cc1ccc(N(CCCl)CCCl)cc1)C(=O)N[C@@H](Cc1cccc(C2CCCC2)c1)C(=O)O. The van der Waals surface area contributed by atoms with Gasteiger partial charge in [0.25, 0.3) is 0 Å². The number of halogens is 2. The van der Waals surface area contributed by atoms with Crippen molar-refractivity contribution in [1.82, 2.24) is 10.6 Å². The highest BCUT2D eigenvalue weighted by Crippen LogP contribution is 2.34. The summed E-state index contributed by atoms with van der Waals surface area (Å²) in [6, 6.07) is 13.3. The van der Waals surface area contributed by atoms with Crippen molar-refractivity contribution in [2.24, 2.45) is 0 Å². The molecule has 3 N–H and O–H groups in total. The molecule has 2 amide bonds. The Morgan fingerprint density at radius 3 is 2.12 bits per heavy atom. The molecule has 230 valence electrons. The average molecular weight is 621 g/mol. The smallest absolute Gasteiger partial charge is 0.408 e. The van der Waals surface area contributed by atoms with E-state index < -0.39 is 35.7 Å². The van der Waals surface area contributed by atoms with Crippen molar-refractivity contribution in [1.29, 1.82) is 0 Å². The minimum atomic E-state index is -1.17. The molecule has 10 heteroatoms. The maximum atomic E-state index is 13.5. The number of carbonyl (C=O) groups is 3. The molecule has 42 heavy (non-hydrogen) atoms. The van der Waals surface area contributed by atoms with Crippen LogP contribution in [0, 0.1) is 0 Å². The second-order valence-corrected chi connectivity index (χ2v) is 12.5. The van der Waals surface area contributed by atoms with Gasteiger partial charge >= 0.3 is 12.1 Å². The Bertz CT molecular complexity index is 1170. The summed E-state index contributed by atoms with van der Waals surface area (Å²) in [7, 11) is 0. The van der Waals surface area contributed by atoms with Crippen LogP contribution < -0.4 is 15.5 Å². The minimum Gasteiger partial charge on any atom is -0.480 e. The van der Waals surface area contributed by atoms with E-state index in [9.17, 15) is 19.5 Å². The molecule has 1 saturated carbocycles. The van der Waals surface area contributed by atoms with E-state index in [0.29, 0.717) is 30.8 Å². The predicted molar refractivity (Wildman–Crippen MR) is 168 cm³/mol. The lowest BCUT2D eigenvalue weighted by Crippen LogP contribution is -2.53. The quantitative estimate of drug-likeness (QED) is 0.228. The minimum absolute atomic E-state index is 0.131. The summed E-state index contributed by atoms with van der Waals surface area (Å²) in [5, 5.41) is 15.3. The first-order valence-corrected chi connectivity index (χ1v) is 15.6. The molecular formula is C32H43Cl2N3O5. The maximum absolute atomic E-state index is 13.5. The zero-order chi connectivity index (χ0) is 30.7. The van der Waals surface area contributed by atoms with Crippen LogP contribution in [0.2, 0.25) is 0 Å². The summed E-state index contributed by atoms with van der Waals surface area (Å²) >= 11 is 11.9. The lowest BCUT2D eigenvalue weighted by molar-refractivity contribution is -0.142. The van der Waals surface area contributed by atoms with Crippen LogP contribution in [-0.2, 0) is 27.2 Å². The van der Waals surface area contributed by atoms with Crippen LogP contribution in [0.3, 0.4) is 0 Å². The van der Waals surface area contributed by atoms with Crippen molar-refractivity contribution in [2.45, 2.75) is 82.9 Å². The molecule has 2 aromatic rings. The van der Waals surface area contributed by atoms with E-state index in [1.54, 1.807) is 20.8 Å². The zero-order valence-corrected chi connectivity index (χ0v) is 26.2. The summed E-state index contributed by atoms with van der Waals surface area (Å²) in [6.07, 6.45) is 4.20. The summed E-state index contributed by atoms with van der Waals surface area (Å²) in [5.41, 5.74) is 3.01. The van der Waals surface area contributed by atoms with Crippen LogP contribution in [-0.4, -0.2) is 65.6 Å². The van der Waals surface area contributed by atoms with E-state index in [0.717, 1.165) is 29.7 Å². The Kier molecular flexibility index (Phi) is 12.8. The number of carboxylic acid groups (broad SMARTS) is 1. The van der Waals surface area contributed by atoms with Crippen molar-refractivity contribution in [2.75, 3.05) is 29.7 Å². The zero-order valence-electron chi connectivity index (χ0n) is 24.7. The average Bonchev–Trinajstić information content (AvgIpc) is 3.47. The number of aliphatic carboxylic acids is 1. The lowest BCUT2D eigenvalue weighted by Gasteiger charge is -2.25. The number of nitrogens with zero attached hydrogens (tertiary/aromatic N) is 1. The van der Waals surface area contributed by atoms with E-state index in [1.165, 1.54) is 18.4 Å². The van der Waals surface area contributed by atoms with E-state index in [1.807, 2.05) is 42.5 Å². The molecule has 0 radical (unpaired) electrons. The monoisotopic (exact) mass is 619 g/mol. The van der Waals surface area contributed by atoms with E-state index in [4.69, 9.17) is 27.9 Å². The summed E-state index contributed by atoms with van der Waals surface area (Å²) in [4.78, 5) is 40.4. The van der Waals surface area contributed by atoms with Gasteiger partial charge in [0.05, 0.1) is 0 Å². The molecule has 3 rings (SSSR count). The number of carbonyl (C=O) groups excluding carboxylic acids is 2. The van der Waals surface area contributed by atoms with E-state index in [2.05, 4.69) is 21.6 Å². The largest absolute Gasteiger partial charge is 0.480 e. The number of hydrogen-bond acceptors (Lipinski definition) is 5. The number of amides is 2. The molecule has 0 bridgehead atoms. The molecule has 1 fully saturated rings. The molecule has 1 aliphatic rings. The van der Waals surface area contributed by atoms with E-state index >= 15 is 0 Å². The Morgan fingerprint density at radius 1 is 0.929 bits per heavy atom. The van der Waals surface area contributed by atoms with Gasteiger partial charge < -0.3 is 25.4 Å². The van der Waals surface area contributed by atoms with Gasteiger partial charge in [0, 0.05) is 43.4 Å². The van der Waals surface area contributed by atoms with Crippen molar-refractivity contribution in [3.8, 4) is 0 Å². The number of alkyl halides is 2. The third-order valence-electron chi connectivity index (χ3n) is 7.29. The Labute approximate surface area is 259 Å². The van der Waals surface area contributed by atoms with Gasteiger partial charge in [0.2, 0.25) is 5.91 Å². The fourth-order valence-electron chi connectivity index (χ4n) is 5.25. The molecule has 2 atom stereocenters. The van der Waals surface area contributed by atoms with Gasteiger partial charge in [0.15, 0.2) is 0 Å². The predicted octanol–water partition coefficient (Wildman–Crippen LogP) is 5.88. The maximum Gasteiger partial charge on any atom is 0.408 e. The third-order valence-corrected chi connectivity index (χ3v) is 7.63. The molecule has 0 heterocycles. The second-order valence-electron chi connectivity index (χ2n) is 11.8. The van der Waals surface area contributed by atoms with Gasteiger partial charge in [-0.3, -0.25) is 4.79 Å². The van der Waals surface area contributed by atoms with Crippen molar-refractivity contribution in [3.63, 3.8) is 0 Å². The molecule has 0 spiro atoms. The van der Waals surface area contributed by atoms with Crippen LogP contribution in [0.5, 0.6) is 0 Å². The molecule has 0 unspecified atom stereocenters. The molecule has 0 aliphatic heterocycles. The molecule has 8 nitrogen and oxygen atoms in total. The summed E-state index contributed by atoms with van der Waals surface area (Å²) < 4.78 is 5.39. The van der Waals surface area contributed by atoms with Crippen molar-refractivity contribution >= 4 is 46.9 Å². The van der Waals surface area contributed by atoms with Gasteiger partial charge in [-0.15, -0.1) is 23.2 Å². The standard InChI is InChI=1S/C32H43Cl2N3O5/c1-32(2,3)42-31(41)36-27(20-22-11-13-26(14-12-22)37(17-15-33)18-16-34)29(38)35-28(30(39)40)21-23-7-6-10-25(19-23)24-8-4-5-9-24/h6-7,10-14,19,24,27-28H,4-5,8-9,15-18,20-21H2,1-3H3,(H,35,38)(H,36,41)(H,39,40)/t27-,28-/m0/s1. The molecule has 2 aromatic carbocycles. The van der Waals surface area contributed by atoms with E-state index in [-0.39, 0.29) is 12.8 Å². The Morgan fingerprint density at radius 2 is 1.55 bits per heavy atom. The highest BCUT2D eigenvalue weighted by molar-refractivity contribution is 6.18. The fraction of sp³-hybridized carbons (Fsp3) is 0.531. The fourth-order valence-corrected chi connectivity index (χ4v) is 5.66. The third kappa shape index (κ3) is 10.7. The van der Waals surface area contributed by atoms with Gasteiger partial charge in [-0.1, -0.05) is 49.2 Å². The number of carboxylic acids is 1. The van der Waals surface area contributed by atoms with Gasteiger partial charge in [-0.2, -0.15) is 0 Å². The number of ether oxygens (including phenoxy) is 1. The first-order chi connectivity index (χ1) is 20.0. The number of hydrogen-bond donors (Lipinski definition) is 3. The Balaban J connectivity index is 1.76. The summed E-state index contributed by atoms with van der Waals surface area (Å²) in [6.45, 7) is 6.47. The van der Waals surface area contributed by atoms with Crippen LogP contribution in [0.1, 0.15) is 69.1 Å². The van der Waals surface area contributed by atoms with Gasteiger partial charge in [-0.05, 0) is 68.4 Å². The number of nitrogens with one attached hydrogen (secondary N) is 2. The Hall–Kier alpha value is -2.97. The first kappa shape index (κ1) is 33.5. The highest BCUT2D eigenvalue weighted by atomic mass is 35.5. The van der Waals surface area contributed by atoms with Crippen molar-refractivity contribution in [3.05, 3.63) is 65.2 Å². The highest BCUT2D eigenvalue weighted by Gasteiger charge is 2.29. The number of benzene rings is 2. The normalized spacial score (nSPS) is 15.1. The van der Waals surface area contributed by atoms with Gasteiger partial charge in [0.1, 0.15) is 17.7 Å². The molecule has 0 saturated heterocycles. The summed E-state index contributed by atoms with van der Waals surface area (Å²) in [5.74, 6) is -0.343. The topological polar surface area (TPSA) is 108 Å². The number of rotatable bonds is 14. The molecule has 0 aromatic heterocycles. The van der Waals surface area contributed by atoms with Crippen LogP contribution in [0.4, 0.5) is 10.5 Å². The number of alkyl carbamates (subject to hydrolysis) is 1. The van der Waals surface area contributed by atoms with Crippen LogP contribution in [0.15, 0.2) is 48.5 Å². The van der Waals surface area contributed by atoms with Crippen LogP contribution >= 0.6 is 23.2 Å².